The van der Waals surface area contributed by atoms with Gasteiger partial charge in [-0.1, -0.05) is 239 Å². The molecule has 0 bridgehead atoms. The van der Waals surface area contributed by atoms with E-state index in [1.807, 2.05) is 255 Å². The van der Waals surface area contributed by atoms with E-state index < -0.39 is 34.9 Å². The van der Waals surface area contributed by atoms with Crippen molar-refractivity contribution in [3.8, 4) is 65.1 Å². The molecule has 0 aliphatic rings. The number of carbonyl (C=O) groups is 3. The summed E-state index contributed by atoms with van der Waals surface area (Å²) in [5.74, 6) is -2.12. The number of rotatable bonds is 29. The second-order valence-electron chi connectivity index (χ2n) is 37.9. The minimum absolute atomic E-state index is 0. The predicted octanol–water partition coefficient (Wildman–Crippen LogP) is 36.3. The van der Waals surface area contributed by atoms with Gasteiger partial charge < -0.3 is 15.3 Å². The Morgan fingerprint density at radius 2 is 0.709 bits per heavy atom. The zero-order valence-electron chi connectivity index (χ0n) is 85.0. The van der Waals surface area contributed by atoms with Crippen molar-refractivity contribution in [1.29, 1.82) is 0 Å². The molecule has 0 aliphatic carbocycles. The number of thiophene rings is 3. The average molecular weight is 2500 g/mol. The van der Waals surface area contributed by atoms with Crippen LogP contribution in [0.25, 0.3) is 128 Å². The summed E-state index contributed by atoms with van der Waals surface area (Å²) in [4.78, 5) is 52.2. The predicted molar refractivity (Wildman–Crippen MR) is 568 cm³/mol. The van der Waals surface area contributed by atoms with Gasteiger partial charge in [-0.15, -0.1) is 122 Å². The molecule has 0 spiro atoms. The number of benzene rings is 9. The van der Waals surface area contributed by atoms with Crippen LogP contribution in [-0.4, -0.2) is 47.6 Å². The Kier molecular flexibility index (Phi) is 43.7. The molecule has 0 amide bonds. The molecule has 6 heterocycles. The second kappa shape index (κ2) is 52.2. The molecule has 141 heavy (non-hydrogen) atoms. The normalized spacial score (nSPS) is 12.1. The van der Waals surface area contributed by atoms with Gasteiger partial charge in [0.1, 0.15) is 52.2 Å². The average Bonchev–Trinajstić information content (AvgIpc) is 1.66. The van der Waals surface area contributed by atoms with E-state index in [1.54, 1.807) is 18.6 Å². The summed E-state index contributed by atoms with van der Waals surface area (Å²) in [6.45, 7) is 44.4. The van der Waals surface area contributed by atoms with Crippen LogP contribution in [0, 0.1) is 105 Å². The summed E-state index contributed by atoms with van der Waals surface area (Å²) >= 11 is 4.22. The van der Waals surface area contributed by atoms with E-state index in [0.717, 1.165) is 195 Å². The van der Waals surface area contributed by atoms with Crippen molar-refractivity contribution in [2.75, 3.05) is 0 Å². The molecule has 0 aliphatic heterocycles. The molecule has 21 heteroatoms. The fourth-order valence-electron chi connectivity index (χ4n) is 16.1. The maximum atomic E-state index is 14.9. The van der Waals surface area contributed by atoms with Gasteiger partial charge >= 0.3 is 0 Å². The third kappa shape index (κ3) is 27.9. The number of ketones is 3. The number of aromatic nitrogens is 3. The largest absolute Gasteiger partial charge is 0.512 e. The smallest absolute Gasteiger partial charge is 0.164 e. The Bertz CT molecular complexity index is 6720. The molecule has 15 aromatic rings. The minimum Gasteiger partial charge on any atom is -0.512 e. The summed E-state index contributed by atoms with van der Waals surface area (Å²) in [6.07, 6.45) is 20.1. The molecule has 9 aromatic carbocycles. The first-order valence-corrected chi connectivity index (χ1v) is 50.7. The van der Waals surface area contributed by atoms with Crippen LogP contribution in [0.5, 0.6) is 0 Å². The van der Waals surface area contributed by atoms with E-state index in [4.69, 9.17) is 0 Å². The number of fused-ring (bicyclic) bond motifs is 6. The van der Waals surface area contributed by atoms with Crippen LogP contribution < -0.4 is 0 Å². The van der Waals surface area contributed by atoms with Crippen LogP contribution >= 0.6 is 34.0 Å². The summed E-state index contributed by atoms with van der Waals surface area (Å²) in [6, 6.07) is 64.5. The van der Waals surface area contributed by atoms with Crippen molar-refractivity contribution in [3.63, 3.8) is 0 Å². The minimum atomic E-state index is -0.576. The topological polar surface area (TPSA) is 151 Å². The third-order valence-electron chi connectivity index (χ3n) is 28.9. The molecule has 0 fully saturated rings. The number of aliphatic hydroxyl groups excluding tert-OH is 3. The number of pyridine rings is 3. The summed E-state index contributed by atoms with van der Waals surface area (Å²) in [5, 5.41) is 39.7. The maximum absolute atomic E-state index is 14.9. The van der Waals surface area contributed by atoms with Gasteiger partial charge in [-0.25, -0.2) is 26.3 Å². The monoisotopic (exact) mass is 2500 g/mol. The molecule has 0 atom stereocenters. The number of hydrogen-bond acceptors (Lipinski definition) is 12. The number of aryl methyl sites for hydroxylation is 2. The van der Waals surface area contributed by atoms with Crippen LogP contribution in [0.4, 0.5) is 26.3 Å². The first-order chi connectivity index (χ1) is 65.6. The molecule has 3 radical (unpaired) electrons. The van der Waals surface area contributed by atoms with E-state index >= 15 is 0 Å². The maximum Gasteiger partial charge on any atom is 0.164 e. The van der Waals surface area contributed by atoms with Crippen molar-refractivity contribution in [2.24, 2.45) is 38.4 Å². The zero-order chi connectivity index (χ0) is 101. The molecule has 9 nitrogen and oxygen atoms in total. The quantitative estimate of drug-likeness (QED) is 0.0180. The van der Waals surface area contributed by atoms with Crippen molar-refractivity contribution in [3.05, 3.63) is 306 Å². The zero-order valence-corrected chi connectivity index (χ0v) is 94.6. The number of carbonyl (C=O) groups excluding carboxylic acids is 3. The Morgan fingerprint density at radius 3 is 1.10 bits per heavy atom. The Hall–Kier alpha value is -9.75. The first kappa shape index (κ1) is 118. The summed E-state index contributed by atoms with van der Waals surface area (Å²) in [5.41, 5.74) is 6.63. The number of aliphatic hydroxyl groups is 3. The van der Waals surface area contributed by atoms with Crippen LogP contribution in [0.3, 0.4) is 0 Å². The third-order valence-corrected chi connectivity index (χ3v) is 32.6. The molecular formula is C120H132F6Ir3N3O6S3-3. The van der Waals surface area contributed by atoms with Gasteiger partial charge in [0.05, 0.1) is 11.1 Å². The standard InChI is InChI=1S/C27H20F2NS.2C24H14F2NS.3C15H28O2.3Ir/c1-16(2)11-17-12-22(28)25(23(29)13-17)24-15-21-9-10-30-26(27(21)31-24)20-8-7-18-5-3-4-6-19(18)14-20;1-14-11-17(12-15-5-2-3-6-18(14)15)23-24-16(9-10-27-23)13-21(28-24)22-19(25)7-4-8-20(22)26;1-14-21-8-9-27-22(17-7-6-15-4-2-3-5-16(15)10-17)24(21)28-23(14)18-11-19(25)13-20(26)12-18;3*1-7-14(5,8-2)12(16)11-13(17)15(6,9-3)10-4;;;/h3-10,12-13,15-16H,11H2,1-2H3;2-11,13H,1H3;2-9,11-13H,1H3;3*11,16H,7-10H2,1-6H3;;;/q3*-1;;;;;;. The van der Waals surface area contributed by atoms with Gasteiger partial charge in [-0.05, 0) is 196 Å². The van der Waals surface area contributed by atoms with Gasteiger partial charge in [0.25, 0.3) is 0 Å². The molecule has 6 aromatic heterocycles. The Morgan fingerprint density at radius 1 is 0.362 bits per heavy atom. The Balaban J connectivity index is 0.000000234. The van der Waals surface area contributed by atoms with Crippen LogP contribution in [0.15, 0.2) is 236 Å². The first-order valence-electron chi connectivity index (χ1n) is 48.2. The molecule has 3 N–H and O–H groups in total. The van der Waals surface area contributed by atoms with Crippen molar-refractivity contribution >= 4 is 114 Å². The van der Waals surface area contributed by atoms with E-state index in [-0.39, 0.29) is 139 Å². The van der Waals surface area contributed by atoms with Crippen molar-refractivity contribution < 1.29 is 116 Å². The van der Waals surface area contributed by atoms with Gasteiger partial charge in [0.15, 0.2) is 17.3 Å². The van der Waals surface area contributed by atoms with Gasteiger partial charge in [0, 0.05) is 182 Å². The summed E-state index contributed by atoms with van der Waals surface area (Å²) in [7, 11) is 0. The fraction of sp³-hybridized carbons (Fsp3) is 0.350. The number of allylic oxidation sites excluding steroid dienone is 6. The van der Waals surface area contributed by atoms with E-state index in [9.17, 15) is 56.0 Å². The molecular weight excluding hydrogens is 2370 g/mol. The second-order valence-corrected chi connectivity index (χ2v) is 41.0. The molecule has 0 saturated carbocycles. The van der Waals surface area contributed by atoms with E-state index in [1.165, 1.54) is 94.7 Å². The number of halogens is 6. The van der Waals surface area contributed by atoms with Gasteiger partial charge in [-0.2, -0.15) is 0 Å². The number of hydrogen-bond donors (Lipinski definition) is 3. The van der Waals surface area contributed by atoms with Crippen LogP contribution in [0.2, 0.25) is 0 Å². The Labute approximate surface area is 882 Å². The summed E-state index contributed by atoms with van der Waals surface area (Å²) < 4.78 is 88.6. The van der Waals surface area contributed by atoms with Crippen molar-refractivity contribution in [1.82, 2.24) is 15.0 Å². The molecule has 0 saturated heterocycles. The van der Waals surface area contributed by atoms with Gasteiger partial charge in [-0.3, -0.25) is 29.3 Å². The fourth-order valence-corrected chi connectivity index (χ4v) is 19.8. The van der Waals surface area contributed by atoms with Crippen LogP contribution in [0.1, 0.15) is 232 Å². The molecule has 15 rings (SSSR count). The number of nitrogens with zero attached hydrogens (tertiary/aromatic N) is 3. The van der Waals surface area contributed by atoms with Crippen LogP contribution in [-0.2, 0) is 81.1 Å². The van der Waals surface area contributed by atoms with E-state index in [2.05, 4.69) is 64.3 Å². The molecule has 753 valence electrons. The molecule has 0 unspecified atom stereocenters. The van der Waals surface area contributed by atoms with Gasteiger partial charge in [0.2, 0.25) is 0 Å². The SMILES string of the molecule is CC(C)Cc1cc(F)c(-c2cc3ccnc(-c4[c-]c5ccccc5cc4)c3s2)c(F)c1.CCC(C)(CC)C(=O)C=C(O)C(C)(CC)CC.CCC(C)(CC)C(=O)C=C(O)C(C)(CC)CC.CCC(C)(CC)C(=O)C=C(O)C(C)(CC)CC.Cc1c(-c2cc(F)cc(F)c2)sc2c(-c3[c-]c4ccccc4cc3)nccc12.Cc1cc(-c2nccc3cc(-c4c(F)cccc4F)sc23)[c-]c2ccccc12.[Ir].[Ir].[Ir]. The van der Waals surface area contributed by atoms with E-state index in [0.29, 0.717) is 33.2 Å². The van der Waals surface area contributed by atoms with Crippen molar-refractivity contribution in [2.45, 2.75) is 236 Å².